The zero-order valence-corrected chi connectivity index (χ0v) is 39.1. The molecule has 6 amide bonds. The Kier molecular flexibility index (Phi) is 14.4. The second-order valence-corrected chi connectivity index (χ2v) is 19.0. The van der Waals surface area contributed by atoms with Gasteiger partial charge in [-0.3, -0.25) is 9.69 Å². The Morgan fingerprint density at radius 1 is 0.794 bits per heavy atom. The summed E-state index contributed by atoms with van der Waals surface area (Å²) in [5.41, 5.74) is 11.5. The predicted octanol–water partition coefficient (Wildman–Crippen LogP) is 8.12. The smallest absolute Gasteiger partial charge is 0.478 e. The van der Waals surface area contributed by atoms with Crippen LogP contribution in [0.1, 0.15) is 116 Å². The second kappa shape index (κ2) is 20.2. The normalized spacial score (nSPS) is 22.1. The lowest BCUT2D eigenvalue weighted by atomic mass is 9.92. The zero-order valence-electron chi connectivity index (χ0n) is 39.1. The molecule has 16 nitrogen and oxygen atoms in total. The molecule has 5 aromatic rings. The first-order valence-corrected chi connectivity index (χ1v) is 22.9. The summed E-state index contributed by atoms with van der Waals surface area (Å²) in [4.78, 5) is 64.6. The number of aromatic carboxylic acids is 1. The quantitative estimate of drug-likeness (QED) is 0.0224. The Morgan fingerprint density at radius 3 is 1.78 bits per heavy atom. The number of nitrogens with zero attached hydrogens (tertiary/aromatic N) is 5. The number of oxime groups is 1. The molecular formula is C52H59N8O8+. The number of carbonyl (C=O) groups is 5. The molecule has 0 radical (unpaired) electrons. The van der Waals surface area contributed by atoms with Crippen LogP contribution in [0.5, 0.6) is 0 Å². The number of benzene rings is 4. The second-order valence-electron chi connectivity index (χ2n) is 19.0. The van der Waals surface area contributed by atoms with Crippen molar-refractivity contribution in [3.8, 4) is 22.8 Å². The minimum atomic E-state index is -0.865. The molecule has 6 N–H and O–H groups in total. The summed E-state index contributed by atoms with van der Waals surface area (Å²) < 4.78 is 6.41. The molecule has 2 unspecified atom stereocenters. The van der Waals surface area contributed by atoms with Crippen LogP contribution < -0.4 is 16.4 Å². The van der Waals surface area contributed by atoms with Gasteiger partial charge in [-0.2, -0.15) is 9.78 Å². The highest BCUT2D eigenvalue weighted by Gasteiger charge is 2.60. The van der Waals surface area contributed by atoms with Gasteiger partial charge in [0.15, 0.2) is 5.84 Å². The Hall–Kier alpha value is -7.49. The number of aromatic nitrogens is 2. The molecule has 4 aliphatic rings. The molecule has 4 atom stereocenters. The van der Waals surface area contributed by atoms with Gasteiger partial charge in [0.2, 0.25) is 11.4 Å². The summed E-state index contributed by atoms with van der Waals surface area (Å²) in [6, 6.07) is 30.0. The van der Waals surface area contributed by atoms with Crippen LogP contribution in [0, 0.1) is 11.8 Å². The largest absolute Gasteiger partial charge is 0.499 e. The van der Waals surface area contributed by atoms with Gasteiger partial charge in [-0.05, 0) is 109 Å². The number of urea groups is 2. The van der Waals surface area contributed by atoms with Crippen molar-refractivity contribution in [2.45, 2.75) is 102 Å². The molecule has 68 heavy (non-hydrogen) atoms. The van der Waals surface area contributed by atoms with Gasteiger partial charge in [0.05, 0.1) is 12.3 Å². The van der Waals surface area contributed by atoms with Gasteiger partial charge in [0.1, 0.15) is 5.54 Å². The molecule has 4 fully saturated rings. The number of imide groups is 2. The SMILES string of the molecule is C=[N+]1C(=O)NC2(CC[C@H](c3ccc(/C(N)=N/O)cc3)C2)C1=O.CC(C)Cc1ccc(-c2nc(-c3ccc([C@H]4CCC5(C4)NC(=O)N(C)C5=O)cc3)no2)cc1.CC(C)Cc1ccc(C(=O)O)cc1. The Bertz CT molecular complexity index is 2710. The van der Waals surface area contributed by atoms with Crippen molar-refractivity contribution < 1.29 is 43.4 Å². The Balaban J connectivity index is 0.000000168. The molecule has 2 spiro atoms. The van der Waals surface area contributed by atoms with E-state index < -0.39 is 23.1 Å². The van der Waals surface area contributed by atoms with Crippen molar-refractivity contribution in [2.75, 3.05) is 7.05 Å². The number of nitrogens with one attached hydrogen (secondary N) is 2. The van der Waals surface area contributed by atoms with Crippen LogP contribution in [-0.4, -0.2) is 90.5 Å². The summed E-state index contributed by atoms with van der Waals surface area (Å²) in [5, 5.41) is 30.1. The maximum atomic E-state index is 12.6. The van der Waals surface area contributed by atoms with Crippen LogP contribution >= 0.6 is 0 Å². The maximum absolute atomic E-state index is 12.6. The average molecular weight is 924 g/mol. The van der Waals surface area contributed by atoms with Gasteiger partial charge in [0, 0.05) is 36.6 Å². The first-order valence-electron chi connectivity index (χ1n) is 22.9. The van der Waals surface area contributed by atoms with E-state index >= 15 is 0 Å². The molecule has 2 saturated carbocycles. The minimum Gasteiger partial charge on any atom is -0.478 e. The minimum absolute atomic E-state index is 0.0559. The summed E-state index contributed by atoms with van der Waals surface area (Å²) in [5.74, 6) is 1.48. The highest BCUT2D eigenvalue weighted by Crippen LogP contribution is 2.45. The monoisotopic (exact) mass is 923 g/mol. The van der Waals surface area contributed by atoms with Gasteiger partial charge in [-0.15, -0.1) is 4.58 Å². The molecule has 9 rings (SSSR count). The van der Waals surface area contributed by atoms with E-state index in [9.17, 15) is 24.0 Å². The molecule has 1 aromatic heterocycles. The molecule has 3 heterocycles. The molecule has 2 aliphatic carbocycles. The number of nitrogens with two attached hydrogens (primary N) is 1. The average Bonchev–Trinajstić information content (AvgIpc) is 4.17. The van der Waals surface area contributed by atoms with Gasteiger partial charge in [-0.25, -0.2) is 19.7 Å². The van der Waals surface area contributed by atoms with Crippen molar-refractivity contribution in [1.29, 1.82) is 0 Å². The van der Waals surface area contributed by atoms with E-state index in [4.69, 9.17) is 20.6 Å². The third-order valence-electron chi connectivity index (χ3n) is 13.2. The van der Waals surface area contributed by atoms with Crippen molar-refractivity contribution in [2.24, 2.45) is 22.7 Å². The van der Waals surface area contributed by atoms with E-state index in [1.807, 2.05) is 48.5 Å². The Labute approximate surface area is 395 Å². The van der Waals surface area contributed by atoms with Crippen LogP contribution in [0.4, 0.5) is 9.59 Å². The van der Waals surface area contributed by atoms with Crippen LogP contribution in [0.15, 0.2) is 107 Å². The Morgan fingerprint density at radius 2 is 1.29 bits per heavy atom. The fourth-order valence-corrected chi connectivity index (χ4v) is 9.56. The summed E-state index contributed by atoms with van der Waals surface area (Å²) in [6.07, 6.45) is 6.17. The lowest BCUT2D eigenvalue weighted by Gasteiger charge is -2.20. The number of hydrogen-bond donors (Lipinski definition) is 5. The number of carbonyl (C=O) groups excluding carboxylic acids is 4. The van der Waals surface area contributed by atoms with E-state index in [2.05, 4.69) is 84.6 Å². The number of carboxylic acids is 1. The van der Waals surface area contributed by atoms with E-state index in [1.165, 1.54) is 23.1 Å². The molecule has 0 bridgehead atoms. The summed E-state index contributed by atoms with van der Waals surface area (Å²) >= 11 is 0. The van der Waals surface area contributed by atoms with Gasteiger partial charge >= 0.3 is 23.9 Å². The van der Waals surface area contributed by atoms with Crippen molar-refractivity contribution in [1.82, 2.24) is 25.7 Å². The first kappa shape index (κ1) is 48.4. The molecule has 16 heteroatoms. The zero-order chi connectivity index (χ0) is 48.9. The fourth-order valence-electron chi connectivity index (χ4n) is 9.56. The van der Waals surface area contributed by atoms with E-state index in [1.54, 1.807) is 24.3 Å². The predicted molar refractivity (Wildman–Crippen MR) is 255 cm³/mol. The number of likely N-dealkylation sites (N-methyl/N-ethyl adjacent to an activating group) is 1. The molecule has 354 valence electrons. The van der Waals surface area contributed by atoms with Crippen molar-refractivity contribution in [3.05, 3.63) is 130 Å². The van der Waals surface area contributed by atoms with Crippen LogP contribution in [0.3, 0.4) is 0 Å². The molecule has 2 aliphatic heterocycles. The molecular weight excluding hydrogens is 865 g/mol. The van der Waals surface area contributed by atoms with Crippen LogP contribution in [-0.2, 0) is 22.4 Å². The van der Waals surface area contributed by atoms with E-state index in [0.717, 1.165) is 52.5 Å². The third-order valence-corrected chi connectivity index (χ3v) is 13.2. The summed E-state index contributed by atoms with van der Waals surface area (Å²) in [7, 11) is 1.54. The standard InChI is InChI=1S/C26H28N4O3.C15H16N4O3.C11H14O2/c1-16(2)14-17-4-6-20(7-5-17)23-27-22(29-33-23)19-10-8-18(9-11-19)21-12-13-26(15-21)24(31)30(3)25(32)28-26;1-19-13(20)15(17-14(19)21)7-6-11(8-15)9-2-4-10(5-3-9)12(16)18-22;1-8(2)7-9-3-5-10(6-4-9)11(12)13/h4-11,16,21H,12-15H2,1-3H3,(H,28,32);2-5,11H,1,6-8H2,(H3-,16,17,18,21,22);3-6,8H,7H2,1-2H3,(H,12,13)/p+1/t21-,26?;11-,15?;/m00./s1. The lowest BCUT2D eigenvalue weighted by Crippen LogP contribution is -2.44. The number of hydrogen-bond acceptors (Lipinski definition) is 10. The number of amidine groups is 1. The topological polar surface area (TPSA) is 233 Å². The van der Waals surface area contributed by atoms with Crippen molar-refractivity contribution in [3.63, 3.8) is 0 Å². The third kappa shape index (κ3) is 10.5. The summed E-state index contributed by atoms with van der Waals surface area (Å²) in [6.45, 7) is 12.2. The van der Waals surface area contributed by atoms with Gasteiger partial charge in [0.25, 0.3) is 11.8 Å². The number of rotatable bonds is 10. The lowest BCUT2D eigenvalue weighted by molar-refractivity contribution is -0.341. The molecule has 2 saturated heterocycles. The highest BCUT2D eigenvalue weighted by molar-refractivity contribution is 6.07. The van der Waals surface area contributed by atoms with Crippen LogP contribution in [0.2, 0.25) is 0 Å². The maximum Gasteiger partial charge on any atom is 0.499 e. The van der Waals surface area contributed by atoms with Gasteiger partial charge < -0.3 is 25.9 Å². The van der Waals surface area contributed by atoms with Gasteiger partial charge in [-0.1, -0.05) is 111 Å². The van der Waals surface area contributed by atoms with Crippen molar-refractivity contribution >= 4 is 42.4 Å². The molecule has 4 aromatic carbocycles. The van der Waals surface area contributed by atoms with E-state index in [0.29, 0.717) is 60.4 Å². The number of amides is 6. The first-order chi connectivity index (χ1) is 32.4. The fraction of sp³-hybridized carbons (Fsp3) is 0.365. The number of carboxylic acid groups (broad SMARTS) is 1. The van der Waals surface area contributed by atoms with Crippen LogP contribution in [0.25, 0.3) is 22.8 Å². The highest BCUT2D eigenvalue weighted by atomic mass is 16.5. The van der Waals surface area contributed by atoms with E-state index in [-0.39, 0.29) is 35.5 Å².